The molecule has 2 radical (unpaired) electrons. The van der Waals surface area contributed by atoms with Crippen molar-refractivity contribution in [3.63, 3.8) is 0 Å². The van der Waals surface area contributed by atoms with E-state index in [9.17, 15) is 0 Å². The Bertz CT molecular complexity index is 1320. The highest BCUT2D eigenvalue weighted by atomic mass is 28.2. The lowest BCUT2D eigenvalue weighted by Crippen LogP contribution is -2.30. The summed E-state index contributed by atoms with van der Waals surface area (Å²) in [6, 6.07) is 12.9. The van der Waals surface area contributed by atoms with Crippen LogP contribution in [0.5, 0.6) is 5.75 Å². The monoisotopic (exact) mass is 647 g/mol. The lowest BCUT2D eigenvalue weighted by molar-refractivity contribution is -0.0818. The van der Waals surface area contributed by atoms with Crippen LogP contribution >= 0.6 is 0 Å². The molecule has 0 spiro atoms. The summed E-state index contributed by atoms with van der Waals surface area (Å²) in [5.41, 5.74) is 2.12. The van der Waals surface area contributed by atoms with Crippen molar-refractivity contribution >= 4 is 14.7 Å². The van der Waals surface area contributed by atoms with E-state index < -0.39 is 12.0 Å². The molecule has 1 aromatic carbocycles. The van der Waals surface area contributed by atoms with E-state index in [-0.39, 0.29) is 11.4 Å². The second-order valence-electron chi connectivity index (χ2n) is 13.5. The van der Waals surface area contributed by atoms with Crippen molar-refractivity contribution in [2.24, 2.45) is 11.8 Å². The summed E-state index contributed by atoms with van der Waals surface area (Å²) in [6.07, 6.45) is 19.8. The topological polar surface area (TPSA) is 47.9 Å². The molecule has 1 aliphatic heterocycles. The number of fused-ring (bicyclic) bond motifs is 1. The fourth-order valence-corrected chi connectivity index (χ4v) is 7.96. The molecule has 46 heavy (non-hydrogen) atoms. The average Bonchev–Trinajstić information content (AvgIpc) is 3.32. The maximum absolute atomic E-state index is 15.3. The first-order valence-corrected chi connectivity index (χ1v) is 19.3. The average molecular weight is 648 g/mol. The molecule has 250 valence electrons. The number of pyridine rings is 1. The Labute approximate surface area is 279 Å². The first-order valence-electron chi connectivity index (χ1n) is 18.0. The maximum atomic E-state index is 15.3. The van der Waals surface area contributed by atoms with Crippen LogP contribution in [0.2, 0.25) is 6.04 Å². The van der Waals surface area contributed by atoms with Gasteiger partial charge in [-0.25, -0.2) is 15.0 Å². The van der Waals surface area contributed by atoms with E-state index in [0.717, 1.165) is 64.6 Å². The normalized spacial score (nSPS) is 16.6. The second kappa shape index (κ2) is 18.6. The zero-order valence-electron chi connectivity index (χ0n) is 28.7. The molecule has 3 atom stereocenters. The van der Waals surface area contributed by atoms with Crippen molar-refractivity contribution < 1.29 is 13.5 Å². The minimum absolute atomic E-state index is 0.167. The van der Waals surface area contributed by atoms with Crippen LogP contribution in [0, 0.1) is 11.8 Å². The number of alkyl halides is 2. The third-order valence-electron chi connectivity index (χ3n) is 9.43. The molecule has 4 nitrogen and oxygen atoms in total. The number of unbranched alkanes of at least 4 members (excludes halogenated alkanes) is 7. The predicted molar refractivity (Wildman–Crippen MR) is 188 cm³/mol. The van der Waals surface area contributed by atoms with Crippen molar-refractivity contribution in [3.8, 4) is 28.4 Å². The number of ether oxygens (including phenoxy) is 1. The molecule has 0 amide bonds. The molecular weight excluding hydrogens is 593 g/mol. The quantitative estimate of drug-likeness (QED) is 0.0853. The zero-order chi connectivity index (χ0) is 32.8. The minimum atomic E-state index is -3.13. The molecule has 1 aliphatic rings. The Kier molecular flexibility index (Phi) is 14.6. The molecule has 3 unspecified atom stereocenters. The summed E-state index contributed by atoms with van der Waals surface area (Å²) < 4.78 is 36.2. The lowest BCUT2D eigenvalue weighted by Gasteiger charge is -2.17. The van der Waals surface area contributed by atoms with Crippen LogP contribution in [0.3, 0.4) is 0 Å². The van der Waals surface area contributed by atoms with Crippen LogP contribution in [-0.2, 0) is 5.92 Å². The van der Waals surface area contributed by atoms with E-state index in [1.807, 2.05) is 6.07 Å². The summed E-state index contributed by atoms with van der Waals surface area (Å²) >= 11 is 0. The van der Waals surface area contributed by atoms with Gasteiger partial charge in [0.05, 0.1) is 9.52 Å². The Morgan fingerprint density at radius 1 is 0.783 bits per heavy atom. The largest absolute Gasteiger partial charge is 0.482 e. The van der Waals surface area contributed by atoms with Crippen molar-refractivity contribution in [3.05, 3.63) is 54.5 Å². The van der Waals surface area contributed by atoms with Gasteiger partial charge in [0.1, 0.15) is 11.4 Å². The highest BCUT2D eigenvalue weighted by Crippen LogP contribution is 2.46. The highest BCUT2D eigenvalue weighted by molar-refractivity contribution is 6.55. The number of nitrogens with zero attached hydrogens (tertiary/aromatic N) is 3. The number of hydrogen-bond donors (Lipinski definition) is 0. The molecular formula is C39H55F2N3OSi. The molecule has 0 aliphatic carbocycles. The van der Waals surface area contributed by atoms with Gasteiger partial charge in [0.25, 0.3) is 0 Å². The van der Waals surface area contributed by atoms with E-state index in [4.69, 9.17) is 4.74 Å². The first kappa shape index (κ1) is 36.2. The Morgan fingerprint density at radius 3 is 2.13 bits per heavy atom. The van der Waals surface area contributed by atoms with Gasteiger partial charge in [-0.3, -0.25) is 0 Å². The predicted octanol–water partition coefficient (Wildman–Crippen LogP) is 11.0. The molecule has 0 saturated heterocycles. The van der Waals surface area contributed by atoms with Crippen LogP contribution in [-0.4, -0.2) is 30.6 Å². The summed E-state index contributed by atoms with van der Waals surface area (Å²) in [5.74, 6) is -1.00. The van der Waals surface area contributed by atoms with Crippen LogP contribution in [0.4, 0.5) is 8.78 Å². The number of hydrogen-bond acceptors (Lipinski definition) is 4. The molecule has 7 heteroatoms. The molecule has 4 rings (SSSR count). The Morgan fingerprint density at radius 2 is 1.41 bits per heavy atom. The second-order valence-corrected chi connectivity index (χ2v) is 14.9. The number of rotatable bonds is 21. The van der Waals surface area contributed by atoms with Gasteiger partial charge in [-0.1, -0.05) is 147 Å². The van der Waals surface area contributed by atoms with Gasteiger partial charge in [0.2, 0.25) is 0 Å². The third kappa shape index (κ3) is 10.4. The zero-order valence-corrected chi connectivity index (χ0v) is 29.7. The highest BCUT2D eigenvalue weighted by Gasteiger charge is 2.52. The van der Waals surface area contributed by atoms with Gasteiger partial charge < -0.3 is 4.74 Å². The van der Waals surface area contributed by atoms with Crippen molar-refractivity contribution in [2.75, 3.05) is 0 Å². The summed E-state index contributed by atoms with van der Waals surface area (Å²) in [7, 11) is 0.721. The molecule has 0 N–H and O–H groups in total. The minimum Gasteiger partial charge on any atom is -0.482 e. The fourth-order valence-electron chi connectivity index (χ4n) is 6.42. The van der Waals surface area contributed by atoms with Gasteiger partial charge >= 0.3 is 5.92 Å². The van der Waals surface area contributed by atoms with Gasteiger partial charge in [-0.2, -0.15) is 8.78 Å². The number of aromatic nitrogens is 3. The van der Waals surface area contributed by atoms with Crippen LogP contribution in [0.15, 0.2) is 48.8 Å². The third-order valence-corrected chi connectivity index (χ3v) is 10.8. The Hall–Kier alpha value is -2.67. The molecule has 3 aromatic rings. The van der Waals surface area contributed by atoms with Gasteiger partial charge in [0, 0.05) is 18.0 Å². The lowest BCUT2D eigenvalue weighted by atomic mass is 9.94. The van der Waals surface area contributed by atoms with E-state index in [2.05, 4.69) is 60.8 Å². The van der Waals surface area contributed by atoms with E-state index in [0.29, 0.717) is 17.9 Å². The molecule has 3 heterocycles. The smallest absolute Gasteiger partial charge is 0.329 e. The van der Waals surface area contributed by atoms with Crippen molar-refractivity contribution in [1.82, 2.24) is 15.0 Å². The molecule has 0 bridgehead atoms. The van der Waals surface area contributed by atoms with E-state index in [1.165, 1.54) is 69.0 Å². The maximum Gasteiger partial charge on any atom is 0.329 e. The Balaban J connectivity index is 1.29. The molecule has 0 saturated carbocycles. The number of halogens is 2. The molecule has 2 aromatic heterocycles. The van der Waals surface area contributed by atoms with Crippen LogP contribution in [0.25, 0.3) is 22.6 Å². The number of benzene rings is 1. The van der Waals surface area contributed by atoms with Crippen LogP contribution < -0.4 is 9.92 Å². The van der Waals surface area contributed by atoms with E-state index >= 15 is 8.78 Å². The summed E-state index contributed by atoms with van der Waals surface area (Å²) in [5, 5.41) is 1.32. The fraction of sp³-hybridized carbons (Fsp3) is 0.615. The van der Waals surface area contributed by atoms with Gasteiger partial charge in [-0.05, 0) is 42.4 Å². The van der Waals surface area contributed by atoms with Gasteiger partial charge in [-0.15, -0.1) is 0 Å². The van der Waals surface area contributed by atoms with Crippen LogP contribution in [0.1, 0.15) is 130 Å². The van der Waals surface area contributed by atoms with E-state index in [1.54, 1.807) is 24.5 Å². The van der Waals surface area contributed by atoms with Gasteiger partial charge in [0.15, 0.2) is 17.6 Å². The molecule has 0 fully saturated rings. The summed E-state index contributed by atoms with van der Waals surface area (Å²) in [6.45, 7) is 9.24. The SMILES string of the molecule is CCCCCCCC1Oc2ccc(-c3ncc(-c4ccccc4[Si]CCC(C)CCCCC(C)CCCCC)cn3)nc2C1(F)F. The van der Waals surface area contributed by atoms with Crippen molar-refractivity contribution in [2.45, 2.75) is 142 Å². The first-order chi connectivity index (χ1) is 22.3. The standard InChI is InChI=1S/C39H55F2N3OSi/c1-5-7-9-10-12-22-36-39(40,41)37-34(45-36)24-23-33(44-37)38-42-27-31(28-43-38)32-20-15-16-21-35(32)46-26-25-30(4)19-14-13-18-29(3)17-11-8-6-2/h15-16,20-21,23-24,27-30,36H,5-14,17-19,22,25-26H2,1-4H3. The summed E-state index contributed by atoms with van der Waals surface area (Å²) in [4.78, 5) is 13.4. The van der Waals surface area contributed by atoms with Crippen molar-refractivity contribution in [1.29, 1.82) is 0 Å².